The SMILES string of the molecule is CN(c1ccc2c([O-])cc(S(=O)(=O)O)cc2c1)c1nc(Cl)nc(Nc2cccc(S(=O)(=O)[O-])c2)n1.[Na+].[Na+]. The van der Waals surface area contributed by atoms with Crippen molar-refractivity contribution in [3.8, 4) is 5.75 Å². The Hall–Kier alpha value is -1.56. The average Bonchev–Trinajstić information content (AvgIpc) is 2.76. The first-order valence-electron chi connectivity index (χ1n) is 9.52. The zero-order valence-electron chi connectivity index (χ0n) is 19.6. The number of anilines is 4. The Labute approximate surface area is 261 Å². The summed E-state index contributed by atoms with van der Waals surface area (Å²) in [6, 6.07) is 11.7. The zero-order valence-corrected chi connectivity index (χ0v) is 26.0. The van der Waals surface area contributed by atoms with Crippen LogP contribution in [0.4, 0.5) is 23.3 Å². The second-order valence-electron chi connectivity index (χ2n) is 7.20. The van der Waals surface area contributed by atoms with E-state index in [-0.39, 0.29) is 92.8 Å². The monoisotopic (exact) mass is 581 g/mol. The fourth-order valence-corrected chi connectivity index (χ4v) is 4.38. The third kappa shape index (κ3) is 7.52. The van der Waals surface area contributed by atoms with E-state index in [9.17, 15) is 31.0 Å². The predicted octanol–water partition coefficient (Wildman–Crippen LogP) is -3.58. The number of aromatic nitrogens is 3. The van der Waals surface area contributed by atoms with Crippen LogP contribution in [0.15, 0.2) is 64.4 Å². The van der Waals surface area contributed by atoms with Crippen molar-refractivity contribution in [3.05, 3.63) is 59.9 Å². The van der Waals surface area contributed by atoms with Gasteiger partial charge in [0.1, 0.15) is 10.1 Å². The Morgan fingerprint density at radius 1 is 0.946 bits per heavy atom. The maximum atomic E-state index is 12.2. The smallest absolute Gasteiger partial charge is 0.872 e. The molecule has 3 aromatic carbocycles. The Morgan fingerprint density at radius 3 is 2.30 bits per heavy atom. The van der Waals surface area contributed by atoms with Crippen molar-refractivity contribution in [2.24, 2.45) is 0 Å². The van der Waals surface area contributed by atoms with Crippen LogP contribution in [0, 0.1) is 0 Å². The van der Waals surface area contributed by atoms with Gasteiger partial charge in [-0.2, -0.15) is 23.4 Å². The van der Waals surface area contributed by atoms with E-state index >= 15 is 0 Å². The summed E-state index contributed by atoms with van der Waals surface area (Å²) in [4.78, 5) is 12.7. The van der Waals surface area contributed by atoms with E-state index in [1.165, 1.54) is 29.2 Å². The summed E-state index contributed by atoms with van der Waals surface area (Å²) in [5, 5.41) is 15.3. The van der Waals surface area contributed by atoms with E-state index in [1.807, 2.05) is 0 Å². The van der Waals surface area contributed by atoms with E-state index < -0.39 is 35.8 Å². The molecule has 0 unspecified atom stereocenters. The van der Waals surface area contributed by atoms with Crippen LogP contribution in [-0.4, -0.2) is 47.9 Å². The third-order valence-corrected chi connectivity index (χ3v) is 6.66. The van der Waals surface area contributed by atoms with Gasteiger partial charge in [0.2, 0.25) is 17.2 Å². The fourth-order valence-electron chi connectivity index (χ4n) is 3.17. The van der Waals surface area contributed by atoms with E-state index in [0.717, 1.165) is 24.3 Å². The minimum absolute atomic E-state index is 0. The summed E-state index contributed by atoms with van der Waals surface area (Å²) in [7, 11) is -7.68. The Kier molecular flexibility index (Phi) is 10.3. The van der Waals surface area contributed by atoms with Crippen LogP contribution in [0.1, 0.15) is 0 Å². The molecule has 1 heterocycles. The van der Waals surface area contributed by atoms with Gasteiger partial charge in [0.05, 0.1) is 9.79 Å². The molecule has 182 valence electrons. The molecule has 0 radical (unpaired) electrons. The molecule has 0 bridgehead atoms. The van der Waals surface area contributed by atoms with Gasteiger partial charge in [-0.25, -0.2) is 8.42 Å². The fraction of sp³-hybridized carbons (Fsp3) is 0.0500. The van der Waals surface area contributed by atoms with Crippen molar-refractivity contribution in [1.82, 2.24) is 15.0 Å². The largest absolute Gasteiger partial charge is 1.00 e. The molecule has 0 aliphatic rings. The summed E-state index contributed by atoms with van der Waals surface area (Å²) >= 11 is 6.03. The van der Waals surface area contributed by atoms with Crippen LogP contribution in [0.2, 0.25) is 5.28 Å². The number of nitrogens with one attached hydrogen (secondary N) is 1. The van der Waals surface area contributed by atoms with Crippen LogP contribution in [0.3, 0.4) is 0 Å². The molecule has 0 aliphatic carbocycles. The van der Waals surface area contributed by atoms with E-state index in [2.05, 4.69) is 20.3 Å². The number of hydrogen-bond acceptors (Lipinski definition) is 11. The van der Waals surface area contributed by atoms with E-state index in [4.69, 9.17) is 11.6 Å². The van der Waals surface area contributed by atoms with Crippen molar-refractivity contribution in [2.75, 3.05) is 17.3 Å². The topological polar surface area (TPSA) is 189 Å². The first-order valence-corrected chi connectivity index (χ1v) is 12.7. The minimum Gasteiger partial charge on any atom is -0.872 e. The molecule has 2 N–H and O–H groups in total. The van der Waals surface area contributed by atoms with Gasteiger partial charge >= 0.3 is 59.1 Å². The van der Waals surface area contributed by atoms with Gasteiger partial charge < -0.3 is 19.9 Å². The average molecular weight is 582 g/mol. The van der Waals surface area contributed by atoms with Crippen molar-refractivity contribution in [2.45, 2.75) is 9.79 Å². The van der Waals surface area contributed by atoms with Crippen LogP contribution in [0.25, 0.3) is 10.8 Å². The molecular formula is C20H14ClN5Na2O7S2. The maximum absolute atomic E-state index is 12.2. The second-order valence-corrected chi connectivity index (χ2v) is 10.3. The van der Waals surface area contributed by atoms with Crippen LogP contribution in [-0.2, 0) is 20.2 Å². The van der Waals surface area contributed by atoms with Gasteiger partial charge in [0.15, 0.2) is 0 Å². The van der Waals surface area contributed by atoms with Crippen LogP contribution in [0.5, 0.6) is 5.75 Å². The molecule has 0 atom stereocenters. The quantitative estimate of drug-likeness (QED) is 0.168. The minimum atomic E-state index is -4.67. The molecule has 0 saturated carbocycles. The number of fused-ring (bicyclic) bond motifs is 1. The normalized spacial score (nSPS) is 11.4. The number of halogens is 1. The van der Waals surface area contributed by atoms with E-state index in [1.54, 1.807) is 13.1 Å². The molecule has 37 heavy (non-hydrogen) atoms. The summed E-state index contributed by atoms with van der Waals surface area (Å²) in [6.07, 6.45) is 0. The number of nitrogens with zero attached hydrogens (tertiary/aromatic N) is 4. The van der Waals surface area contributed by atoms with Gasteiger partial charge in [-0.15, -0.1) is 0 Å². The summed E-state index contributed by atoms with van der Waals surface area (Å²) in [6.45, 7) is 0. The summed E-state index contributed by atoms with van der Waals surface area (Å²) < 4.78 is 66.0. The molecule has 4 rings (SSSR count). The maximum Gasteiger partial charge on any atom is 1.00 e. The standard InChI is InChI=1S/C20H16ClN5O7S2.2Na/c1-26(13-5-6-16-11(7-13)8-15(10-17(16)27)35(31,32)33)20-24-18(21)23-19(25-20)22-12-3-2-4-14(9-12)34(28,29)30;;/h2-10,27H,1H3,(H,28,29,30)(H,31,32,33)(H,22,23,24,25);;/q;2*+1/p-2. The van der Waals surface area contributed by atoms with E-state index in [0.29, 0.717) is 5.69 Å². The molecule has 17 heteroatoms. The molecule has 12 nitrogen and oxygen atoms in total. The zero-order chi connectivity index (χ0) is 25.5. The number of benzene rings is 3. The Balaban J connectivity index is 0.00000241. The van der Waals surface area contributed by atoms with Crippen LogP contribution < -0.4 is 74.4 Å². The molecule has 0 spiro atoms. The van der Waals surface area contributed by atoms with Gasteiger partial charge in [-0.3, -0.25) is 4.55 Å². The summed E-state index contributed by atoms with van der Waals surface area (Å²) in [5.74, 6) is -0.585. The van der Waals surface area contributed by atoms with Gasteiger partial charge in [0.25, 0.3) is 10.1 Å². The van der Waals surface area contributed by atoms with Crippen molar-refractivity contribution < 1.29 is 90.2 Å². The molecule has 1 aromatic heterocycles. The molecule has 0 fully saturated rings. The Morgan fingerprint density at radius 2 is 1.65 bits per heavy atom. The molecule has 0 aliphatic heterocycles. The van der Waals surface area contributed by atoms with Crippen molar-refractivity contribution in [3.63, 3.8) is 0 Å². The third-order valence-electron chi connectivity index (χ3n) is 4.83. The van der Waals surface area contributed by atoms with Crippen LogP contribution >= 0.6 is 11.6 Å². The number of rotatable bonds is 6. The first kappa shape index (κ1) is 31.7. The number of hydrogen-bond donors (Lipinski definition) is 2. The predicted molar refractivity (Wildman–Crippen MR) is 124 cm³/mol. The van der Waals surface area contributed by atoms with Gasteiger partial charge in [0, 0.05) is 18.4 Å². The van der Waals surface area contributed by atoms with Gasteiger partial charge in [-0.1, -0.05) is 17.9 Å². The van der Waals surface area contributed by atoms with Gasteiger partial charge in [-0.05, 0) is 64.8 Å². The van der Waals surface area contributed by atoms with Crippen molar-refractivity contribution in [1.29, 1.82) is 0 Å². The summed E-state index contributed by atoms with van der Waals surface area (Å²) in [5.41, 5.74) is 0.654. The molecule has 4 aromatic rings. The second kappa shape index (κ2) is 12.1. The molecule has 0 saturated heterocycles. The van der Waals surface area contributed by atoms with Crippen molar-refractivity contribution >= 4 is 65.9 Å². The first-order chi connectivity index (χ1) is 16.3. The molecular weight excluding hydrogens is 568 g/mol. The molecule has 0 amide bonds. The Bertz CT molecular complexity index is 1690.